The molecule has 2 aromatic rings. The van der Waals surface area contributed by atoms with Crippen LogP contribution in [0.2, 0.25) is 5.02 Å². The number of carbonyl (C=O) groups excluding carboxylic acids is 1. The predicted molar refractivity (Wildman–Crippen MR) is 78.0 cm³/mol. The Labute approximate surface area is 126 Å². The maximum Gasteiger partial charge on any atom is 0.246 e. The van der Waals surface area contributed by atoms with E-state index in [1.54, 1.807) is 20.0 Å². The van der Waals surface area contributed by atoms with E-state index < -0.39 is 5.82 Å². The lowest BCUT2D eigenvalue weighted by atomic mass is 10.2. The van der Waals surface area contributed by atoms with Crippen LogP contribution in [0.5, 0.6) is 0 Å². The van der Waals surface area contributed by atoms with Crippen LogP contribution in [0.3, 0.4) is 0 Å². The van der Waals surface area contributed by atoms with Gasteiger partial charge in [0.05, 0.1) is 11.6 Å². The second-order valence-electron chi connectivity index (χ2n) is 4.50. The number of nitrogens with zero attached hydrogens (tertiary/aromatic N) is 3. The topological polar surface area (TPSA) is 61.9 Å². The Morgan fingerprint density at radius 3 is 2.90 bits per heavy atom. The van der Waals surface area contributed by atoms with Gasteiger partial charge in [0.15, 0.2) is 5.82 Å². The number of H-pyrrole nitrogens is 1. The third kappa shape index (κ3) is 3.88. The number of carbonyl (C=O) groups is 1. The second-order valence-corrected chi connectivity index (χ2v) is 4.91. The molecule has 0 unspecified atom stereocenters. The van der Waals surface area contributed by atoms with E-state index in [1.165, 1.54) is 29.2 Å². The van der Waals surface area contributed by atoms with Gasteiger partial charge in [-0.25, -0.2) is 9.37 Å². The first-order valence-electron chi connectivity index (χ1n) is 6.22. The van der Waals surface area contributed by atoms with Gasteiger partial charge in [0, 0.05) is 18.7 Å². The average molecular weight is 309 g/mol. The van der Waals surface area contributed by atoms with Crippen LogP contribution in [0.4, 0.5) is 4.39 Å². The minimum atomic E-state index is -0.473. The predicted octanol–water partition coefficient (Wildman–Crippen LogP) is 2.58. The Morgan fingerprint density at radius 2 is 2.29 bits per heavy atom. The summed E-state index contributed by atoms with van der Waals surface area (Å²) in [4.78, 5) is 17.5. The van der Waals surface area contributed by atoms with Gasteiger partial charge in [-0.15, -0.1) is 0 Å². The highest BCUT2D eigenvalue weighted by atomic mass is 35.5. The molecule has 1 aromatic heterocycles. The van der Waals surface area contributed by atoms with Crippen molar-refractivity contribution in [2.24, 2.45) is 0 Å². The lowest BCUT2D eigenvalue weighted by Gasteiger charge is -2.12. The van der Waals surface area contributed by atoms with Crippen molar-refractivity contribution in [3.8, 4) is 0 Å². The Balaban J connectivity index is 2.05. The van der Waals surface area contributed by atoms with E-state index in [9.17, 15) is 9.18 Å². The van der Waals surface area contributed by atoms with Crippen LogP contribution < -0.4 is 0 Å². The molecule has 1 amide bonds. The zero-order valence-electron chi connectivity index (χ0n) is 11.6. The number of amides is 1. The Bertz CT molecular complexity index is 663. The first kappa shape index (κ1) is 15.2. The van der Waals surface area contributed by atoms with Crippen LogP contribution in [-0.2, 0) is 11.3 Å². The number of nitrogens with one attached hydrogen (secondary N) is 1. The van der Waals surface area contributed by atoms with E-state index in [1.807, 2.05) is 0 Å². The number of rotatable bonds is 4. The van der Waals surface area contributed by atoms with Crippen molar-refractivity contribution in [2.75, 3.05) is 7.05 Å². The fourth-order valence-corrected chi connectivity index (χ4v) is 1.93. The number of benzene rings is 1. The number of aryl methyl sites for hydroxylation is 1. The third-order valence-corrected chi connectivity index (χ3v) is 3.12. The van der Waals surface area contributed by atoms with Crippen molar-refractivity contribution in [2.45, 2.75) is 13.5 Å². The second kappa shape index (κ2) is 6.49. The molecule has 0 aliphatic carbocycles. The van der Waals surface area contributed by atoms with Crippen LogP contribution in [-0.4, -0.2) is 33.0 Å². The van der Waals surface area contributed by atoms with Crippen molar-refractivity contribution >= 4 is 23.6 Å². The molecule has 1 aromatic carbocycles. The molecule has 110 valence electrons. The molecule has 21 heavy (non-hydrogen) atoms. The fraction of sp³-hybridized carbons (Fsp3) is 0.214. The van der Waals surface area contributed by atoms with E-state index in [-0.39, 0.29) is 23.0 Å². The van der Waals surface area contributed by atoms with E-state index in [4.69, 9.17) is 11.6 Å². The molecule has 0 spiro atoms. The Hall–Kier alpha value is -2.21. The average Bonchev–Trinajstić information content (AvgIpc) is 2.83. The minimum absolute atomic E-state index is 0.189. The molecule has 0 saturated carbocycles. The summed E-state index contributed by atoms with van der Waals surface area (Å²) in [5.41, 5.74) is 0.189. The van der Waals surface area contributed by atoms with Crippen molar-refractivity contribution in [3.05, 3.63) is 52.3 Å². The van der Waals surface area contributed by atoms with Crippen LogP contribution >= 0.6 is 11.6 Å². The van der Waals surface area contributed by atoms with E-state index in [0.29, 0.717) is 11.6 Å². The quantitative estimate of drug-likeness (QED) is 0.883. The summed E-state index contributed by atoms with van der Waals surface area (Å²) in [6, 6.07) is 4.36. The first-order valence-corrected chi connectivity index (χ1v) is 6.60. The molecular weight excluding hydrogens is 295 g/mol. The van der Waals surface area contributed by atoms with Crippen LogP contribution in [0, 0.1) is 12.7 Å². The molecule has 1 heterocycles. The molecule has 0 bridgehead atoms. The van der Waals surface area contributed by atoms with Gasteiger partial charge in [-0.05, 0) is 25.1 Å². The lowest BCUT2D eigenvalue weighted by molar-refractivity contribution is -0.125. The van der Waals surface area contributed by atoms with Gasteiger partial charge in [-0.3, -0.25) is 9.89 Å². The Kier molecular flexibility index (Phi) is 4.70. The number of likely N-dealkylation sites (N-methyl/N-ethyl adjacent to an activating group) is 1. The van der Waals surface area contributed by atoms with Crippen molar-refractivity contribution < 1.29 is 9.18 Å². The first-order chi connectivity index (χ1) is 9.97. The molecule has 0 saturated heterocycles. The van der Waals surface area contributed by atoms with Crippen LogP contribution in [0.15, 0.2) is 24.3 Å². The zero-order chi connectivity index (χ0) is 15.4. The molecular formula is C14H14ClFN4O. The van der Waals surface area contributed by atoms with Crippen LogP contribution in [0.25, 0.3) is 6.08 Å². The maximum absolute atomic E-state index is 13.6. The lowest BCUT2D eigenvalue weighted by Crippen LogP contribution is -2.24. The summed E-state index contributed by atoms with van der Waals surface area (Å²) >= 11 is 5.88. The van der Waals surface area contributed by atoms with Crippen molar-refractivity contribution in [1.82, 2.24) is 20.1 Å². The minimum Gasteiger partial charge on any atom is -0.335 e. The Morgan fingerprint density at radius 1 is 1.52 bits per heavy atom. The smallest absolute Gasteiger partial charge is 0.246 e. The molecule has 0 aliphatic heterocycles. The van der Waals surface area contributed by atoms with Crippen LogP contribution in [0.1, 0.15) is 17.2 Å². The number of hydrogen-bond donors (Lipinski definition) is 1. The van der Waals surface area contributed by atoms with Gasteiger partial charge in [0.25, 0.3) is 0 Å². The molecule has 1 N–H and O–H groups in total. The van der Waals surface area contributed by atoms with Gasteiger partial charge >= 0.3 is 0 Å². The van der Waals surface area contributed by atoms with Crippen molar-refractivity contribution in [1.29, 1.82) is 0 Å². The number of aromatic amines is 1. The zero-order valence-corrected chi connectivity index (χ0v) is 12.4. The van der Waals surface area contributed by atoms with Gasteiger partial charge in [-0.1, -0.05) is 17.7 Å². The molecule has 2 rings (SSSR count). The number of aromatic nitrogens is 3. The SMILES string of the molecule is Cc1nc(CN(C)C(=O)C=Cc2c(F)cccc2Cl)n[nH]1. The van der Waals surface area contributed by atoms with Crippen molar-refractivity contribution in [3.63, 3.8) is 0 Å². The van der Waals surface area contributed by atoms with Gasteiger partial charge < -0.3 is 4.90 Å². The monoisotopic (exact) mass is 308 g/mol. The highest BCUT2D eigenvalue weighted by Gasteiger charge is 2.10. The van der Waals surface area contributed by atoms with Gasteiger partial charge in [0.1, 0.15) is 11.6 Å². The van der Waals surface area contributed by atoms with E-state index in [2.05, 4.69) is 15.2 Å². The van der Waals surface area contributed by atoms with E-state index >= 15 is 0 Å². The van der Waals surface area contributed by atoms with E-state index in [0.717, 1.165) is 0 Å². The summed E-state index contributed by atoms with van der Waals surface area (Å²) in [5, 5.41) is 6.91. The van der Waals surface area contributed by atoms with Gasteiger partial charge in [0.2, 0.25) is 5.91 Å². The molecule has 0 radical (unpaired) electrons. The summed E-state index contributed by atoms with van der Waals surface area (Å²) < 4.78 is 13.6. The highest BCUT2D eigenvalue weighted by molar-refractivity contribution is 6.32. The summed E-state index contributed by atoms with van der Waals surface area (Å²) in [6.45, 7) is 2.04. The normalized spacial score (nSPS) is 11.0. The summed E-state index contributed by atoms with van der Waals surface area (Å²) in [5.74, 6) is 0.427. The fourth-order valence-electron chi connectivity index (χ4n) is 1.70. The van der Waals surface area contributed by atoms with Gasteiger partial charge in [-0.2, -0.15) is 5.10 Å². The molecule has 0 aliphatic rings. The third-order valence-electron chi connectivity index (χ3n) is 2.79. The standard InChI is InChI=1S/C14H14ClFN4O/c1-9-17-13(19-18-9)8-20(2)14(21)7-6-10-11(15)4-3-5-12(10)16/h3-7H,8H2,1-2H3,(H,17,18,19). The maximum atomic E-state index is 13.6. The molecule has 7 heteroatoms. The molecule has 5 nitrogen and oxygen atoms in total. The largest absolute Gasteiger partial charge is 0.335 e. The molecule has 0 atom stereocenters. The summed E-state index contributed by atoms with van der Waals surface area (Å²) in [7, 11) is 1.61. The highest BCUT2D eigenvalue weighted by Crippen LogP contribution is 2.20. The number of halogens is 2. The summed E-state index contributed by atoms with van der Waals surface area (Å²) in [6.07, 6.45) is 2.63. The number of hydrogen-bond acceptors (Lipinski definition) is 3. The molecule has 0 fully saturated rings.